The van der Waals surface area contributed by atoms with Gasteiger partial charge in [-0.2, -0.15) is 0 Å². The zero-order valence-corrected chi connectivity index (χ0v) is 12.2. The maximum Gasteiger partial charge on any atom is 0.0455 e. The molecule has 104 valence electrons. The van der Waals surface area contributed by atoms with E-state index in [0.717, 1.165) is 24.7 Å². The van der Waals surface area contributed by atoms with Gasteiger partial charge >= 0.3 is 0 Å². The molecule has 1 aliphatic heterocycles. The summed E-state index contributed by atoms with van der Waals surface area (Å²) in [5, 5.41) is 4.29. The number of para-hydroxylation sites is 1. The van der Waals surface area contributed by atoms with E-state index in [1.54, 1.807) is 0 Å². The molecule has 1 unspecified atom stereocenters. The van der Waals surface area contributed by atoms with Crippen LogP contribution in [-0.4, -0.2) is 19.1 Å². The molecule has 0 radical (unpaired) electrons. The van der Waals surface area contributed by atoms with Gasteiger partial charge in [-0.1, -0.05) is 48.0 Å². The molecule has 20 heavy (non-hydrogen) atoms. The van der Waals surface area contributed by atoms with E-state index in [1.807, 2.05) is 12.1 Å². The van der Waals surface area contributed by atoms with E-state index in [2.05, 4.69) is 52.7 Å². The molecule has 1 atom stereocenters. The Labute approximate surface area is 125 Å². The molecule has 0 spiro atoms. The first kappa shape index (κ1) is 13.5. The molecule has 2 aromatic rings. The number of rotatable bonds is 4. The lowest BCUT2D eigenvalue weighted by Gasteiger charge is -2.31. The highest BCUT2D eigenvalue weighted by atomic mass is 35.5. The molecule has 1 saturated heterocycles. The van der Waals surface area contributed by atoms with Gasteiger partial charge < -0.3 is 10.2 Å². The predicted octanol–water partition coefficient (Wildman–Crippen LogP) is 3.71. The molecule has 0 amide bonds. The highest BCUT2D eigenvalue weighted by Gasteiger charge is 2.23. The Kier molecular flexibility index (Phi) is 4.24. The lowest BCUT2D eigenvalue weighted by Crippen LogP contribution is -2.36. The van der Waals surface area contributed by atoms with Gasteiger partial charge in [0.15, 0.2) is 0 Å². The van der Waals surface area contributed by atoms with Crippen molar-refractivity contribution in [3.05, 3.63) is 65.2 Å². The molecule has 1 fully saturated rings. The van der Waals surface area contributed by atoms with Crippen LogP contribution >= 0.6 is 11.6 Å². The minimum absolute atomic E-state index is 0.536. The highest BCUT2D eigenvalue weighted by Crippen LogP contribution is 2.25. The van der Waals surface area contributed by atoms with Gasteiger partial charge in [-0.3, -0.25) is 0 Å². The lowest BCUT2D eigenvalue weighted by molar-refractivity contribution is 0.631. The average Bonchev–Trinajstić information content (AvgIpc) is 3.01. The molecule has 1 heterocycles. The summed E-state index contributed by atoms with van der Waals surface area (Å²) >= 11 is 6.32. The van der Waals surface area contributed by atoms with Gasteiger partial charge in [0, 0.05) is 29.8 Å². The first-order valence-corrected chi connectivity index (χ1v) is 7.48. The minimum atomic E-state index is 0.536. The van der Waals surface area contributed by atoms with E-state index in [1.165, 1.54) is 17.7 Å². The number of nitrogens with zero attached hydrogens (tertiary/aromatic N) is 1. The second-order valence-corrected chi connectivity index (χ2v) is 5.61. The Hall–Kier alpha value is -1.51. The van der Waals surface area contributed by atoms with Crippen molar-refractivity contribution < 1.29 is 0 Å². The second kappa shape index (κ2) is 6.29. The van der Waals surface area contributed by atoms with Crippen LogP contribution in [0.5, 0.6) is 0 Å². The Bertz CT molecular complexity index is 550. The molecule has 0 aliphatic carbocycles. The Morgan fingerprint density at radius 3 is 2.50 bits per heavy atom. The van der Waals surface area contributed by atoms with Crippen molar-refractivity contribution in [1.29, 1.82) is 0 Å². The molecule has 2 nitrogen and oxygen atoms in total. The summed E-state index contributed by atoms with van der Waals surface area (Å²) in [5.41, 5.74) is 2.45. The quantitative estimate of drug-likeness (QED) is 0.922. The normalized spacial score (nSPS) is 18.1. The minimum Gasteiger partial charge on any atom is -0.363 e. The number of benzene rings is 2. The molecule has 0 bridgehead atoms. The first-order chi connectivity index (χ1) is 9.84. The Morgan fingerprint density at radius 1 is 1.05 bits per heavy atom. The summed E-state index contributed by atoms with van der Waals surface area (Å²) in [5.74, 6) is 0. The zero-order chi connectivity index (χ0) is 13.8. The molecular formula is C17H19ClN2. The van der Waals surface area contributed by atoms with Crippen molar-refractivity contribution in [3.63, 3.8) is 0 Å². The van der Waals surface area contributed by atoms with Crippen LogP contribution in [0.4, 0.5) is 5.69 Å². The monoisotopic (exact) mass is 286 g/mol. The molecule has 2 aromatic carbocycles. The molecule has 1 aliphatic rings. The molecule has 3 heteroatoms. The fourth-order valence-corrected chi connectivity index (χ4v) is 2.96. The van der Waals surface area contributed by atoms with Crippen LogP contribution in [0, 0.1) is 0 Å². The van der Waals surface area contributed by atoms with Gasteiger partial charge in [-0.05, 0) is 36.7 Å². The van der Waals surface area contributed by atoms with Crippen LogP contribution in [0.25, 0.3) is 0 Å². The number of anilines is 1. The molecule has 3 rings (SSSR count). The fraction of sp³-hybridized carbons (Fsp3) is 0.294. The van der Waals surface area contributed by atoms with E-state index >= 15 is 0 Å². The van der Waals surface area contributed by atoms with Crippen molar-refractivity contribution in [3.8, 4) is 0 Å². The number of hydrogen-bond donors (Lipinski definition) is 1. The van der Waals surface area contributed by atoms with Crippen LogP contribution in [0.15, 0.2) is 54.6 Å². The molecule has 1 N–H and O–H groups in total. The lowest BCUT2D eigenvalue weighted by atomic mass is 10.1. The third-order valence-corrected chi connectivity index (χ3v) is 4.23. The SMILES string of the molecule is Clc1ccccc1CN(c1ccccc1)C1CCNC1. The number of halogens is 1. The third kappa shape index (κ3) is 2.97. The van der Waals surface area contributed by atoms with Crippen LogP contribution < -0.4 is 10.2 Å². The van der Waals surface area contributed by atoms with Crippen LogP contribution in [0.1, 0.15) is 12.0 Å². The topological polar surface area (TPSA) is 15.3 Å². The van der Waals surface area contributed by atoms with Gasteiger partial charge in [0.25, 0.3) is 0 Å². The van der Waals surface area contributed by atoms with Crippen molar-refractivity contribution in [2.45, 2.75) is 19.0 Å². The standard InChI is InChI=1S/C17H19ClN2/c18-17-9-5-4-6-14(17)13-20(16-10-11-19-12-16)15-7-2-1-3-8-15/h1-9,16,19H,10-13H2. The van der Waals surface area contributed by atoms with Crippen LogP contribution in [0.3, 0.4) is 0 Å². The average molecular weight is 287 g/mol. The summed E-state index contributed by atoms with van der Waals surface area (Å²) in [6, 6.07) is 19.2. The number of hydrogen-bond acceptors (Lipinski definition) is 2. The van der Waals surface area contributed by atoms with Crippen molar-refractivity contribution in [1.82, 2.24) is 5.32 Å². The molecular weight excluding hydrogens is 268 g/mol. The Morgan fingerprint density at radius 2 is 1.80 bits per heavy atom. The van der Waals surface area contributed by atoms with E-state index in [4.69, 9.17) is 11.6 Å². The van der Waals surface area contributed by atoms with Gasteiger partial charge in [-0.15, -0.1) is 0 Å². The van der Waals surface area contributed by atoms with Crippen molar-refractivity contribution >= 4 is 17.3 Å². The van der Waals surface area contributed by atoms with Gasteiger partial charge in [-0.25, -0.2) is 0 Å². The van der Waals surface area contributed by atoms with Crippen LogP contribution in [-0.2, 0) is 6.54 Å². The summed E-state index contributed by atoms with van der Waals surface area (Å²) in [4.78, 5) is 2.46. The summed E-state index contributed by atoms with van der Waals surface area (Å²) in [7, 11) is 0. The Balaban J connectivity index is 1.88. The van der Waals surface area contributed by atoms with E-state index in [-0.39, 0.29) is 0 Å². The van der Waals surface area contributed by atoms with E-state index in [0.29, 0.717) is 6.04 Å². The van der Waals surface area contributed by atoms with Crippen molar-refractivity contribution in [2.75, 3.05) is 18.0 Å². The molecule has 0 saturated carbocycles. The first-order valence-electron chi connectivity index (χ1n) is 7.10. The summed E-state index contributed by atoms with van der Waals surface area (Å²) in [6.07, 6.45) is 1.18. The van der Waals surface area contributed by atoms with Gasteiger partial charge in [0.1, 0.15) is 0 Å². The van der Waals surface area contributed by atoms with Gasteiger partial charge in [0.05, 0.1) is 0 Å². The second-order valence-electron chi connectivity index (χ2n) is 5.20. The predicted molar refractivity (Wildman–Crippen MR) is 85.4 cm³/mol. The number of nitrogens with one attached hydrogen (secondary N) is 1. The summed E-state index contributed by atoms with van der Waals surface area (Å²) in [6.45, 7) is 2.99. The maximum absolute atomic E-state index is 6.32. The fourth-order valence-electron chi connectivity index (χ4n) is 2.77. The highest BCUT2D eigenvalue weighted by molar-refractivity contribution is 6.31. The zero-order valence-electron chi connectivity index (χ0n) is 11.4. The molecule has 0 aromatic heterocycles. The van der Waals surface area contributed by atoms with Crippen LogP contribution in [0.2, 0.25) is 5.02 Å². The van der Waals surface area contributed by atoms with Gasteiger partial charge in [0.2, 0.25) is 0 Å². The van der Waals surface area contributed by atoms with E-state index < -0.39 is 0 Å². The van der Waals surface area contributed by atoms with Crippen molar-refractivity contribution in [2.24, 2.45) is 0 Å². The third-order valence-electron chi connectivity index (χ3n) is 3.86. The maximum atomic E-state index is 6.32. The summed E-state index contributed by atoms with van der Waals surface area (Å²) < 4.78 is 0. The largest absolute Gasteiger partial charge is 0.363 e. The van der Waals surface area contributed by atoms with E-state index in [9.17, 15) is 0 Å². The smallest absolute Gasteiger partial charge is 0.0455 e.